The number of hydrogen-bond donors (Lipinski definition) is 0. The van der Waals surface area contributed by atoms with Crippen LogP contribution in [0.3, 0.4) is 0 Å². The molecule has 0 amide bonds. The highest BCUT2D eigenvalue weighted by atomic mass is 16.5. The number of ether oxygens (including phenoxy) is 1. The van der Waals surface area contributed by atoms with Gasteiger partial charge in [-0.05, 0) is 81.9 Å². The van der Waals surface area contributed by atoms with Crippen molar-refractivity contribution in [1.82, 2.24) is 0 Å². The Morgan fingerprint density at radius 1 is 0.404 bits per heavy atom. The predicted molar refractivity (Wildman–Crippen MR) is 211 cm³/mol. The zero-order valence-electron chi connectivity index (χ0n) is 28.2. The van der Waals surface area contributed by atoms with Crippen LogP contribution in [-0.4, -0.2) is 0 Å². The monoisotopic (exact) mass is 665 g/mol. The van der Waals surface area contributed by atoms with Gasteiger partial charge >= 0.3 is 0 Å². The molecule has 2 heterocycles. The van der Waals surface area contributed by atoms with Gasteiger partial charge < -0.3 is 14.1 Å². The average Bonchev–Trinajstić information content (AvgIpc) is 3.73. The van der Waals surface area contributed by atoms with E-state index < -0.39 is 5.41 Å². The lowest BCUT2D eigenvalue weighted by molar-refractivity contribution is 0.432. The van der Waals surface area contributed by atoms with E-state index >= 15 is 0 Å². The third-order valence-corrected chi connectivity index (χ3v) is 10.9. The van der Waals surface area contributed by atoms with Gasteiger partial charge in [0.05, 0.1) is 5.41 Å². The van der Waals surface area contributed by atoms with Crippen LogP contribution >= 0.6 is 0 Å². The number of furan rings is 1. The Morgan fingerprint density at radius 2 is 0.962 bits per heavy atom. The molecule has 1 aliphatic heterocycles. The lowest BCUT2D eigenvalue weighted by Crippen LogP contribution is -2.32. The van der Waals surface area contributed by atoms with E-state index in [2.05, 4.69) is 193 Å². The molecule has 8 aromatic carbocycles. The molecule has 0 saturated heterocycles. The summed E-state index contributed by atoms with van der Waals surface area (Å²) in [6, 6.07) is 66.9. The molecule has 0 unspecified atom stereocenters. The Labute approximate surface area is 301 Å². The molecule has 1 spiro atoms. The topological polar surface area (TPSA) is 25.6 Å². The summed E-state index contributed by atoms with van der Waals surface area (Å²) in [5.74, 6) is 1.63. The SMILES string of the molecule is c1ccc(-c2ccc(N(c3ccccc3)c3ccc4c(c3)oc3c5c(ccc34)C3(c4ccccc4O5)c4ccccc4-c4ccccc43)cc2)cc1. The van der Waals surface area contributed by atoms with Crippen molar-refractivity contribution in [2.24, 2.45) is 0 Å². The first-order chi connectivity index (χ1) is 25.8. The van der Waals surface area contributed by atoms with Gasteiger partial charge in [0.2, 0.25) is 0 Å². The molecule has 0 fully saturated rings. The summed E-state index contributed by atoms with van der Waals surface area (Å²) < 4.78 is 13.8. The Hall–Kier alpha value is -6.84. The summed E-state index contributed by atoms with van der Waals surface area (Å²) in [4.78, 5) is 2.28. The third-order valence-electron chi connectivity index (χ3n) is 10.9. The second-order valence-electron chi connectivity index (χ2n) is 13.6. The van der Waals surface area contributed by atoms with Crippen LogP contribution in [0.2, 0.25) is 0 Å². The smallest absolute Gasteiger partial charge is 0.178 e. The van der Waals surface area contributed by atoms with E-state index in [1.807, 2.05) is 0 Å². The van der Waals surface area contributed by atoms with Crippen molar-refractivity contribution >= 4 is 39.0 Å². The molecule has 11 rings (SSSR count). The van der Waals surface area contributed by atoms with Crippen LogP contribution in [0, 0.1) is 0 Å². The maximum atomic E-state index is 6.93. The summed E-state index contributed by atoms with van der Waals surface area (Å²) in [6.07, 6.45) is 0. The molecule has 1 aliphatic carbocycles. The molecule has 0 saturated carbocycles. The molecule has 0 atom stereocenters. The summed E-state index contributed by atoms with van der Waals surface area (Å²) in [5, 5.41) is 2.09. The molecule has 3 heteroatoms. The minimum absolute atomic E-state index is 0.536. The lowest BCUT2D eigenvalue weighted by Gasteiger charge is -2.39. The van der Waals surface area contributed by atoms with E-state index in [0.29, 0.717) is 0 Å². The molecule has 2 aliphatic rings. The zero-order valence-corrected chi connectivity index (χ0v) is 28.2. The number of anilines is 3. The fourth-order valence-corrected chi connectivity index (χ4v) is 8.73. The number of hydrogen-bond acceptors (Lipinski definition) is 3. The number of fused-ring (bicyclic) bond motifs is 13. The van der Waals surface area contributed by atoms with Crippen molar-refractivity contribution in [2.75, 3.05) is 4.90 Å². The van der Waals surface area contributed by atoms with Gasteiger partial charge in [0.25, 0.3) is 0 Å². The van der Waals surface area contributed by atoms with Crippen LogP contribution in [-0.2, 0) is 5.41 Å². The second kappa shape index (κ2) is 11.1. The summed E-state index contributed by atoms with van der Waals surface area (Å²) in [6.45, 7) is 0. The Balaban J connectivity index is 1.11. The van der Waals surface area contributed by atoms with Crippen LogP contribution in [0.1, 0.15) is 22.3 Å². The minimum atomic E-state index is -0.536. The molecule has 244 valence electrons. The maximum Gasteiger partial charge on any atom is 0.178 e. The van der Waals surface area contributed by atoms with E-state index in [-0.39, 0.29) is 0 Å². The standard InChI is InChI=1S/C49H31NO2/c1-3-13-32(14-4-1)33-23-25-35(26-24-33)50(34-15-5-2-6-16-34)36-27-28-39-40-29-30-44-48(47(40)52-46(39)31-36)51-45-22-12-11-21-43(45)49(44)41-19-9-7-17-37(41)38-18-8-10-20-42(38)49/h1-31H. The van der Waals surface area contributed by atoms with Crippen molar-refractivity contribution in [2.45, 2.75) is 5.41 Å². The molecule has 0 bridgehead atoms. The molecule has 0 radical (unpaired) electrons. The minimum Gasteiger partial charge on any atom is -0.453 e. The van der Waals surface area contributed by atoms with Crippen molar-refractivity contribution < 1.29 is 9.15 Å². The predicted octanol–water partition coefficient (Wildman–Crippen LogP) is 13.2. The fraction of sp³-hybridized carbons (Fsp3) is 0.0204. The number of nitrogens with zero attached hydrogens (tertiary/aromatic N) is 1. The van der Waals surface area contributed by atoms with Gasteiger partial charge in [-0.3, -0.25) is 0 Å². The van der Waals surface area contributed by atoms with Crippen molar-refractivity contribution in [3.8, 4) is 33.8 Å². The van der Waals surface area contributed by atoms with E-state index in [1.165, 1.54) is 33.4 Å². The highest BCUT2D eigenvalue weighted by Crippen LogP contribution is 2.63. The van der Waals surface area contributed by atoms with E-state index in [9.17, 15) is 0 Å². The molecule has 3 nitrogen and oxygen atoms in total. The first-order valence-electron chi connectivity index (χ1n) is 17.8. The van der Waals surface area contributed by atoms with Crippen molar-refractivity contribution in [1.29, 1.82) is 0 Å². The maximum absolute atomic E-state index is 6.93. The summed E-state index contributed by atoms with van der Waals surface area (Å²) >= 11 is 0. The molecule has 1 aromatic heterocycles. The first kappa shape index (κ1) is 28.9. The Morgan fingerprint density at radius 3 is 1.69 bits per heavy atom. The zero-order chi connectivity index (χ0) is 34.2. The number of rotatable bonds is 4. The van der Waals surface area contributed by atoms with Gasteiger partial charge in [-0.25, -0.2) is 0 Å². The molecular formula is C49H31NO2. The molecular weight excluding hydrogens is 635 g/mol. The van der Waals surface area contributed by atoms with Crippen LogP contribution in [0.5, 0.6) is 11.5 Å². The number of benzene rings is 8. The molecule has 0 N–H and O–H groups in total. The Kier molecular flexibility index (Phi) is 6.17. The van der Waals surface area contributed by atoms with Gasteiger partial charge in [-0.15, -0.1) is 0 Å². The van der Waals surface area contributed by atoms with Crippen LogP contribution in [0.15, 0.2) is 192 Å². The van der Waals surface area contributed by atoms with Crippen LogP contribution in [0.4, 0.5) is 17.1 Å². The molecule has 52 heavy (non-hydrogen) atoms. The normalized spacial score (nSPS) is 13.3. The average molecular weight is 666 g/mol. The summed E-state index contributed by atoms with van der Waals surface area (Å²) in [7, 11) is 0. The van der Waals surface area contributed by atoms with Gasteiger partial charge in [-0.1, -0.05) is 133 Å². The first-order valence-corrected chi connectivity index (χ1v) is 17.8. The van der Waals surface area contributed by atoms with Crippen LogP contribution < -0.4 is 9.64 Å². The largest absolute Gasteiger partial charge is 0.453 e. The van der Waals surface area contributed by atoms with E-state index in [1.54, 1.807) is 0 Å². The van der Waals surface area contributed by atoms with E-state index in [4.69, 9.17) is 9.15 Å². The highest BCUT2D eigenvalue weighted by Gasteiger charge is 2.51. The fourth-order valence-electron chi connectivity index (χ4n) is 8.73. The van der Waals surface area contributed by atoms with Gasteiger partial charge in [-0.2, -0.15) is 0 Å². The quantitative estimate of drug-likeness (QED) is 0.187. The van der Waals surface area contributed by atoms with Gasteiger partial charge in [0.15, 0.2) is 11.3 Å². The number of para-hydroxylation sites is 2. The second-order valence-corrected chi connectivity index (χ2v) is 13.6. The van der Waals surface area contributed by atoms with Crippen molar-refractivity contribution in [3.63, 3.8) is 0 Å². The highest BCUT2D eigenvalue weighted by molar-refractivity contribution is 6.09. The van der Waals surface area contributed by atoms with Crippen LogP contribution in [0.25, 0.3) is 44.2 Å². The van der Waals surface area contributed by atoms with Gasteiger partial charge in [0.1, 0.15) is 11.3 Å². The lowest BCUT2D eigenvalue weighted by atomic mass is 9.66. The van der Waals surface area contributed by atoms with Gasteiger partial charge in [0, 0.05) is 45.0 Å². The van der Waals surface area contributed by atoms with Crippen molar-refractivity contribution in [3.05, 3.63) is 210 Å². The summed E-state index contributed by atoms with van der Waals surface area (Å²) in [5.41, 5.74) is 13.9. The third kappa shape index (κ3) is 4.02. The van der Waals surface area contributed by atoms with E-state index in [0.717, 1.165) is 61.6 Å². The Bertz CT molecular complexity index is 2770. The molecule has 9 aromatic rings.